The minimum Gasteiger partial charge on any atom is -0.481 e. The molecule has 0 aliphatic carbocycles. The van der Waals surface area contributed by atoms with Crippen LogP contribution >= 0.6 is 0 Å². The van der Waals surface area contributed by atoms with Crippen LogP contribution in [-0.2, 0) is 28.5 Å². The van der Waals surface area contributed by atoms with Crippen LogP contribution in [-0.4, -0.2) is 42.5 Å². The SMILES string of the molecule is CCCCOC(C)OC(C)OC(C)OC(=O)CCCC(=O)O. The van der Waals surface area contributed by atoms with E-state index >= 15 is 0 Å². The van der Waals surface area contributed by atoms with Crippen molar-refractivity contribution in [1.82, 2.24) is 0 Å². The molecule has 22 heavy (non-hydrogen) atoms. The molecule has 3 atom stereocenters. The van der Waals surface area contributed by atoms with Gasteiger partial charge in [-0.05, 0) is 33.6 Å². The van der Waals surface area contributed by atoms with E-state index in [1.807, 2.05) is 0 Å². The summed E-state index contributed by atoms with van der Waals surface area (Å²) in [6, 6.07) is 0. The Hall–Kier alpha value is -1.18. The van der Waals surface area contributed by atoms with E-state index in [2.05, 4.69) is 6.92 Å². The number of hydrogen-bond acceptors (Lipinski definition) is 6. The summed E-state index contributed by atoms with van der Waals surface area (Å²) in [6.45, 7) is 7.75. The number of ether oxygens (including phenoxy) is 4. The van der Waals surface area contributed by atoms with Crippen LogP contribution in [0.2, 0.25) is 0 Å². The number of hydrogen-bond donors (Lipinski definition) is 1. The molecule has 3 unspecified atom stereocenters. The Labute approximate surface area is 131 Å². The van der Waals surface area contributed by atoms with Crippen LogP contribution in [0.3, 0.4) is 0 Å². The van der Waals surface area contributed by atoms with Crippen molar-refractivity contribution in [3.05, 3.63) is 0 Å². The first-order valence-electron chi connectivity index (χ1n) is 7.69. The maximum atomic E-state index is 11.5. The third kappa shape index (κ3) is 12.6. The highest BCUT2D eigenvalue weighted by Gasteiger charge is 2.16. The van der Waals surface area contributed by atoms with Gasteiger partial charge in [0.25, 0.3) is 0 Å². The number of esters is 1. The van der Waals surface area contributed by atoms with Crippen LogP contribution in [0.4, 0.5) is 0 Å². The largest absolute Gasteiger partial charge is 0.481 e. The first kappa shape index (κ1) is 20.8. The lowest BCUT2D eigenvalue weighted by Crippen LogP contribution is -2.28. The number of carboxylic acid groups (broad SMARTS) is 1. The summed E-state index contributed by atoms with van der Waals surface area (Å²) < 4.78 is 21.2. The summed E-state index contributed by atoms with van der Waals surface area (Å²) >= 11 is 0. The molecule has 1 N–H and O–H groups in total. The number of carbonyl (C=O) groups excluding carboxylic acids is 1. The zero-order valence-electron chi connectivity index (χ0n) is 13.9. The molecule has 0 saturated heterocycles. The van der Waals surface area contributed by atoms with Crippen molar-refractivity contribution in [3.63, 3.8) is 0 Å². The van der Waals surface area contributed by atoms with E-state index in [0.29, 0.717) is 6.61 Å². The Bertz CT molecular complexity index is 319. The van der Waals surface area contributed by atoms with E-state index in [1.165, 1.54) is 0 Å². The Kier molecular flexibility index (Phi) is 11.7. The number of carbonyl (C=O) groups is 2. The molecule has 0 saturated carbocycles. The highest BCUT2D eigenvalue weighted by Crippen LogP contribution is 2.08. The monoisotopic (exact) mass is 320 g/mol. The molecule has 0 radical (unpaired) electrons. The predicted molar refractivity (Wildman–Crippen MR) is 79.0 cm³/mol. The minimum atomic E-state index is -0.934. The van der Waals surface area contributed by atoms with Gasteiger partial charge in [-0.3, -0.25) is 9.59 Å². The Morgan fingerprint density at radius 1 is 0.955 bits per heavy atom. The second-order valence-corrected chi connectivity index (χ2v) is 4.94. The van der Waals surface area contributed by atoms with Gasteiger partial charge in [0.05, 0.1) is 0 Å². The molecule has 7 heteroatoms. The number of unbranched alkanes of at least 4 members (excludes halogenated alkanes) is 1. The summed E-state index contributed by atoms with van der Waals surface area (Å²) in [5.41, 5.74) is 0. The third-order valence-corrected chi connectivity index (χ3v) is 2.69. The van der Waals surface area contributed by atoms with Crippen molar-refractivity contribution in [2.75, 3.05) is 6.61 Å². The second kappa shape index (κ2) is 12.4. The van der Waals surface area contributed by atoms with Crippen molar-refractivity contribution < 1.29 is 33.6 Å². The van der Waals surface area contributed by atoms with Crippen LogP contribution in [0.25, 0.3) is 0 Å². The molecule has 0 amide bonds. The smallest absolute Gasteiger partial charge is 0.308 e. The lowest BCUT2D eigenvalue weighted by molar-refractivity contribution is -0.274. The highest BCUT2D eigenvalue weighted by atomic mass is 16.8. The van der Waals surface area contributed by atoms with Gasteiger partial charge < -0.3 is 24.1 Å². The van der Waals surface area contributed by atoms with Gasteiger partial charge in [0.2, 0.25) is 6.29 Å². The standard InChI is InChI=1S/C15H28O7/c1-5-6-10-19-11(2)20-12(3)21-13(4)22-15(18)9-7-8-14(16)17/h11-13H,5-10H2,1-4H3,(H,16,17). The van der Waals surface area contributed by atoms with Gasteiger partial charge in [-0.2, -0.15) is 0 Å². The average Bonchev–Trinajstić information content (AvgIpc) is 2.37. The fourth-order valence-electron chi connectivity index (χ4n) is 1.66. The maximum Gasteiger partial charge on any atom is 0.308 e. The molecule has 0 aliphatic heterocycles. The molecule has 0 rings (SSSR count). The second-order valence-electron chi connectivity index (χ2n) is 4.94. The Morgan fingerprint density at radius 3 is 2.18 bits per heavy atom. The van der Waals surface area contributed by atoms with E-state index in [4.69, 9.17) is 24.1 Å². The van der Waals surface area contributed by atoms with Gasteiger partial charge in [0.15, 0.2) is 12.6 Å². The topological polar surface area (TPSA) is 91.3 Å². The molecule has 0 aromatic rings. The summed E-state index contributed by atoms with van der Waals surface area (Å²) in [4.78, 5) is 21.8. The fourth-order valence-corrected chi connectivity index (χ4v) is 1.66. The molecule has 0 aromatic heterocycles. The van der Waals surface area contributed by atoms with Crippen molar-refractivity contribution in [2.45, 2.75) is 78.7 Å². The molecule has 7 nitrogen and oxygen atoms in total. The van der Waals surface area contributed by atoms with Crippen LogP contribution in [0.1, 0.15) is 59.8 Å². The number of aliphatic carboxylic acids is 1. The summed E-state index contributed by atoms with van der Waals surface area (Å²) in [7, 11) is 0. The summed E-state index contributed by atoms with van der Waals surface area (Å²) in [5, 5.41) is 8.48. The molecule has 0 aromatic carbocycles. The molecule has 0 heterocycles. The Balaban J connectivity index is 3.82. The molecule has 0 fully saturated rings. The molecule has 0 aliphatic rings. The zero-order valence-corrected chi connectivity index (χ0v) is 13.9. The lowest BCUT2D eigenvalue weighted by Gasteiger charge is -2.23. The predicted octanol–water partition coefficient (Wildman–Crippen LogP) is 2.67. The minimum absolute atomic E-state index is 0.0474. The maximum absolute atomic E-state index is 11.5. The van der Waals surface area contributed by atoms with Crippen molar-refractivity contribution in [1.29, 1.82) is 0 Å². The van der Waals surface area contributed by atoms with Crippen molar-refractivity contribution >= 4 is 11.9 Å². The summed E-state index contributed by atoms with van der Waals surface area (Å²) in [6.07, 6.45) is 0.493. The summed E-state index contributed by atoms with van der Waals surface area (Å²) in [5.74, 6) is -1.43. The van der Waals surface area contributed by atoms with Crippen LogP contribution < -0.4 is 0 Å². The first-order valence-corrected chi connectivity index (χ1v) is 7.69. The van der Waals surface area contributed by atoms with Gasteiger partial charge in [0, 0.05) is 19.4 Å². The lowest BCUT2D eigenvalue weighted by atomic mass is 10.2. The van der Waals surface area contributed by atoms with Crippen molar-refractivity contribution in [2.24, 2.45) is 0 Å². The van der Waals surface area contributed by atoms with E-state index in [0.717, 1.165) is 12.8 Å². The molecule has 130 valence electrons. The van der Waals surface area contributed by atoms with Crippen LogP contribution in [0.15, 0.2) is 0 Å². The molecule has 0 bridgehead atoms. The quantitative estimate of drug-likeness (QED) is 0.317. The Morgan fingerprint density at radius 2 is 1.59 bits per heavy atom. The highest BCUT2D eigenvalue weighted by molar-refractivity contribution is 5.71. The number of rotatable bonds is 13. The first-order chi connectivity index (χ1) is 10.3. The van der Waals surface area contributed by atoms with Crippen LogP contribution in [0, 0.1) is 0 Å². The van der Waals surface area contributed by atoms with E-state index < -0.39 is 30.8 Å². The van der Waals surface area contributed by atoms with Gasteiger partial charge in [-0.1, -0.05) is 13.3 Å². The third-order valence-electron chi connectivity index (χ3n) is 2.69. The van der Waals surface area contributed by atoms with Gasteiger partial charge in [-0.15, -0.1) is 0 Å². The number of carboxylic acids is 1. The van der Waals surface area contributed by atoms with Crippen molar-refractivity contribution in [3.8, 4) is 0 Å². The van der Waals surface area contributed by atoms with Gasteiger partial charge in [0.1, 0.15) is 0 Å². The van der Waals surface area contributed by atoms with Gasteiger partial charge in [-0.25, -0.2) is 0 Å². The van der Waals surface area contributed by atoms with Gasteiger partial charge >= 0.3 is 11.9 Å². The van der Waals surface area contributed by atoms with E-state index in [-0.39, 0.29) is 19.3 Å². The fraction of sp³-hybridized carbons (Fsp3) is 0.867. The molecule has 0 spiro atoms. The molecular formula is C15H28O7. The normalized spacial score (nSPS) is 15.1. The zero-order chi connectivity index (χ0) is 17.0. The molecular weight excluding hydrogens is 292 g/mol. The average molecular weight is 320 g/mol. The van der Waals surface area contributed by atoms with E-state index in [1.54, 1.807) is 20.8 Å². The van der Waals surface area contributed by atoms with Crippen LogP contribution in [0.5, 0.6) is 0 Å². The van der Waals surface area contributed by atoms with E-state index in [9.17, 15) is 9.59 Å².